The maximum atomic E-state index is 15.1. The van der Waals surface area contributed by atoms with E-state index < -0.39 is 40.7 Å². The fraction of sp³-hybridized carbons (Fsp3) is 0.433. The van der Waals surface area contributed by atoms with Crippen molar-refractivity contribution in [3.63, 3.8) is 0 Å². The molecular formula is C30H32F4O3. The van der Waals surface area contributed by atoms with Gasteiger partial charge in [-0.3, -0.25) is 0 Å². The van der Waals surface area contributed by atoms with E-state index in [0.29, 0.717) is 24.2 Å². The lowest BCUT2D eigenvalue weighted by molar-refractivity contribution is 0.0732. The minimum atomic E-state index is -1.11. The first-order valence-electron chi connectivity index (χ1n) is 12.9. The number of halogens is 4. The summed E-state index contributed by atoms with van der Waals surface area (Å²) >= 11 is 0. The molecule has 4 rings (SSSR count). The van der Waals surface area contributed by atoms with Crippen LogP contribution in [0.2, 0.25) is 0 Å². The van der Waals surface area contributed by atoms with Crippen LogP contribution in [0.15, 0.2) is 48.6 Å². The number of hydrogen-bond donors (Lipinski definition) is 0. The Labute approximate surface area is 215 Å². The molecule has 3 nitrogen and oxygen atoms in total. The molecule has 0 radical (unpaired) electrons. The van der Waals surface area contributed by atoms with Gasteiger partial charge in [0.1, 0.15) is 24.0 Å². The Kier molecular flexibility index (Phi) is 8.72. The normalized spacial score (nSPS) is 23.8. The number of carbonyl (C=O) groups excluding carboxylic acids is 1. The molecule has 2 aromatic carbocycles. The van der Waals surface area contributed by atoms with Crippen molar-refractivity contribution in [2.24, 2.45) is 17.8 Å². The monoisotopic (exact) mass is 516 g/mol. The molecular weight excluding hydrogens is 484 g/mol. The second-order valence-electron chi connectivity index (χ2n) is 9.97. The summed E-state index contributed by atoms with van der Waals surface area (Å²) < 4.78 is 68.8. The number of benzene rings is 2. The number of hydrogen-bond acceptors (Lipinski definition) is 3. The van der Waals surface area contributed by atoms with Gasteiger partial charge in [0.2, 0.25) is 0 Å². The summed E-state index contributed by atoms with van der Waals surface area (Å²) in [4.78, 5) is 12.5. The maximum Gasteiger partial charge on any atom is 0.343 e. The first-order chi connectivity index (χ1) is 17.8. The summed E-state index contributed by atoms with van der Waals surface area (Å²) in [5, 5.41) is 0. The Morgan fingerprint density at radius 3 is 2.16 bits per heavy atom. The lowest BCUT2D eigenvalue weighted by atomic mass is 9.63. The fourth-order valence-corrected chi connectivity index (χ4v) is 5.85. The van der Waals surface area contributed by atoms with Gasteiger partial charge in [-0.2, -0.15) is 0 Å². The highest BCUT2D eigenvalue weighted by atomic mass is 19.1. The van der Waals surface area contributed by atoms with Crippen LogP contribution in [0.3, 0.4) is 0 Å². The molecule has 7 heteroatoms. The Hall–Kier alpha value is -3.09. The number of fused-ring (bicyclic) bond motifs is 1. The molecule has 2 saturated carbocycles. The molecule has 4 atom stereocenters. The smallest absolute Gasteiger partial charge is 0.343 e. The number of allylic oxidation sites excluding steroid dienone is 3. The van der Waals surface area contributed by atoms with Crippen molar-refractivity contribution >= 4 is 5.97 Å². The van der Waals surface area contributed by atoms with Crippen molar-refractivity contribution < 1.29 is 31.8 Å². The molecule has 0 saturated heterocycles. The van der Waals surface area contributed by atoms with E-state index in [4.69, 9.17) is 9.47 Å². The summed E-state index contributed by atoms with van der Waals surface area (Å²) in [6.07, 6.45) is 13.2. The highest BCUT2D eigenvalue weighted by Crippen LogP contribution is 2.48. The van der Waals surface area contributed by atoms with Crippen LogP contribution in [-0.2, 0) is 0 Å². The molecule has 37 heavy (non-hydrogen) atoms. The van der Waals surface area contributed by atoms with Gasteiger partial charge in [0, 0.05) is 17.7 Å². The van der Waals surface area contributed by atoms with Gasteiger partial charge in [-0.05, 0) is 88.2 Å². The molecule has 4 unspecified atom stereocenters. The molecule has 2 aliphatic rings. The summed E-state index contributed by atoms with van der Waals surface area (Å²) in [5.41, 5.74) is -0.362. The van der Waals surface area contributed by atoms with Crippen molar-refractivity contribution in [2.45, 2.75) is 58.3 Å². The first-order valence-corrected chi connectivity index (χ1v) is 12.9. The van der Waals surface area contributed by atoms with E-state index in [1.54, 1.807) is 19.1 Å². The zero-order valence-corrected chi connectivity index (χ0v) is 21.1. The highest BCUT2D eigenvalue weighted by molar-refractivity contribution is 5.91. The quantitative estimate of drug-likeness (QED) is 0.161. The van der Waals surface area contributed by atoms with E-state index in [0.717, 1.165) is 56.4 Å². The number of rotatable bonds is 7. The van der Waals surface area contributed by atoms with Crippen LogP contribution in [-0.4, -0.2) is 12.6 Å². The highest BCUT2D eigenvalue weighted by Gasteiger charge is 2.37. The maximum absolute atomic E-state index is 15.1. The second-order valence-corrected chi connectivity index (χ2v) is 9.97. The third-order valence-electron chi connectivity index (χ3n) is 7.58. The minimum absolute atomic E-state index is 0.00490. The van der Waals surface area contributed by atoms with Crippen LogP contribution in [0.25, 0.3) is 0 Å². The van der Waals surface area contributed by atoms with Crippen molar-refractivity contribution in [3.8, 4) is 11.5 Å². The van der Waals surface area contributed by atoms with Gasteiger partial charge in [-0.15, -0.1) is 0 Å². The largest absolute Gasteiger partial charge is 0.483 e. The predicted molar refractivity (Wildman–Crippen MR) is 134 cm³/mol. The van der Waals surface area contributed by atoms with Crippen molar-refractivity contribution in [2.75, 3.05) is 6.61 Å². The molecule has 0 aliphatic heterocycles. The van der Waals surface area contributed by atoms with Gasteiger partial charge >= 0.3 is 5.97 Å². The van der Waals surface area contributed by atoms with Crippen molar-refractivity contribution in [1.29, 1.82) is 0 Å². The second kappa shape index (κ2) is 12.0. The number of ether oxygens (including phenoxy) is 2. The van der Waals surface area contributed by atoms with E-state index in [-0.39, 0.29) is 23.7 Å². The molecule has 2 fully saturated rings. The molecule has 0 bridgehead atoms. The summed E-state index contributed by atoms with van der Waals surface area (Å²) in [5.74, 6) is -4.52. The lowest BCUT2D eigenvalue weighted by Gasteiger charge is -2.42. The molecule has 0 N–H and O–H groups in total. The Morgan fingerprint density at radius 1 is 0.865 bits per heavy atom. The Balaban J connectivity index is 1.45. The van der Waals surface area contributed by atoms with Gasteiger partial charge in [-0.1, -0.05) is 24.3 Å². The molecule has 198 valence electrons. The third-order valence-corrected chi connectivity index (χ3v) is 7.58. The molecule has 0 spiro atoms. The molecule has 2 aromatic rings. The fourth-order valence-electron chi connectivity index (χ4n) is 5.85. The summed E-state index contributed by atoms with van der Waals surface area (Å²) in [6, 6.07) is 3.46. The van der Waals surface area contributed by atoms with Crippen LogP contribution in [0, 0.1) is 41.0 Å². The topological polar surface area (TPSA) is 35.5 Å². The van der Waals surface area contributed by atoms with E-state index in [1.807, 2.05) is 6.92 Å². The average molecular weight is 517 g/mol. The van der Waals surface area contributed by atoms with Crippen molar-refractivity contribution in [1.82, 2.24) is 0 Å². The molecule has 2 aliphatic carbocycles. The zero-order chi connectivity index (χ0) is 26.5. The summed E-state index contributed by atoms with van der Waals surface area (Å²) in [7, 11) is 0. The number of esters is 1. The van der Waals surface area contributed by atoms with Crippen LogP contribution in [0.5, 0.6) is 11.5 Å². The third kappa shape index (κ3) is 6.25. The van der Waals surface area contributed by atoms with Gasteiger partial charge in [0.15, 0.2) is 17.4 Å². The van der Waals surface area contributed by atoms with Crippen LogP contribution < -0.4 is 9.47 Å². The van der Waals surface area contributed by atoms with Gasteiger partial charge < -0.3 is 9.47 Å². The lowest BCUT2D eigenvalue weighted by Crippen LogP contribution is -2.30. The van der Waals surface area contributed by atoms with Gasteiger partial charge in [-0.25, -0.2) is 22.4 Å². The Bertz CT molecular complexity index is 1140. The number of carbonyl (C=O) groups is 1. The van der Waals surface area contributed by atoms with E-state index in [1.165, 1.54) is 0 Å². The van der Waals surface area contributed by atoms with E-state index in [2.05, 4.69) is 12.2 Å². The molecule has 0 amide bonds. The van der Waals surface area contributed by atoms with E-state index in [9.17, 15) is 13.6 Å². The van der Waals surface area contributed by atoms with Crippen LogP contribution in [0.1, 0.15) is 74.2 Å². The van der Waals surface area contributed by atoms with Crippen LogP contribution >= 0.6 is 0 Å². The zero-order valence-electron chi connectivity index (χ0n) is 21.1. The minimum Gasteiger partial charge on any atom is -0.483 e. The summed E-state index contributed by atoms with van der Waals surface area (Å²) in [6.45, 7) is 3.73. The van der Waals surface area contributed by atoms with Gasteiger partial charge in [0.05, 0.1) is 5.56 Å². The van der Waals surface area contributed by atoms with Gasteiger partial charge in [0.25, 0.3) is 0 Å². The van der Waals surface area contributed by atoms with Crippen molar-refractivity contribution in [3.05, 3.63) is 83.0 Å². The van der Waals surface area contributed by atoms with E-state index >= 15 is 8.78 Å². The SMILES string of the molecule is C/C=C/COc1c(F)cc(OC(=O)c2cc(F)c(C3CCC4CC(/C=C/C)CCC4C3)c(F)c2)cc1F. The Morgan fingerprint density at radius 2 is 1.51 bits per heavy atom. The average Bonchev–Trinajstić information content (AvgIpc) is 2.85. The standard InChI is InChI=1S/C30H32F4O3/c1-3-5-11-36-29-26(33)16-23(17-27(29)34)37-30(35)22-14-24(31)28(25(32)15-22)21-10-9-19-12-18(6-4-2)7-8-20(19)13-21/h3-6,14-21H,7-13H2,1-2H3/b5-3+,6-4+. The van der Waals surface area contributed by atoms with Crippen LogP contribution in [0.4, 0.5) is 17.6 Å². The first kappa shape index (κ1) is 27.0. The molecule has 0 aromatic heterocycles. The molecule has 0 heterocycles. The predicted octanol–water partition coefficient (Wildman–Crippen LogP) is 8.29.